The molecule has 29 heavy (non-hydrogen) atoms. The number of nitrogens with one attached hydrogen (secondary N) is 1. The molecule has 156 valence electrons. The van der Waals surface area contributed by atoms with Crippen LogP contribution in [0.25, 0.3) is 22.0 Å². The summed E-state index contributed by atoms with van der Waals surface area (Å²) in [6, 6.07) is 4.86. The molecule has 0 atom stereocenters. The van der Waals surface area contributed by atoms with E-state index < -0.39 is 54.5 Å². The summed E-state index contributed by atoms with van der Waals surface area (Å²) in [5, 5.41) is 6.99. The summed E-state index contributed by atoms with van der Waals surface area (Å²) in [6.07, 6.45) is -5.04. The number of alkyl halides is 3. The van der Waals surface area contributed by atoms with Gasteiger partial charge in [-0.3, -0.25) is 14.6 Å². The number of fused-ring (bicyclic) bond motifs is 1. The normalized spacial score (nSPS) is 12.6. The highest BCUT2D eigenvalue weighted by Crippen LogP contribution is 2.40. The van der Waals surface area contributed by atoms with E-state index in [1.807, 2.05) is 0 Å². The fourth-order valence-corrected chi connectivity index (χ4v) is 4.07. The van der Waals surface area contributed by atoms with Gasteiger partial charge in [0.1, 0.15) is 16.1 Å². The quantitative estimate of drug-likeness (QED) is 0.603. The zero-order valence-electron chi connectivity index (χ0n) is 14.9. The summed E-state index contributed by atoms with van der Waals surface area (Å²) in [6.45, 7) is 0.409. The van der Waals surface area contributed by atoms with Gasteiger partial charge < -0.3 is 4.74 Å². The van der Waals surface area contributed by atoms with Crippen molar-refractivity contribution in [1.82, 2.24) is 9.78 Å². The molecular weight excluding hydrogens is 418 g/mol. The molecule has 3 aromatic rings. The van der Waals surface area contributed by atoms with E-state index in [9.17, 15) is 26.4 Å². The number of aromatic nitrogens is 2. The minimum Gasteiger partial charge on any atom is -0.383 e. The number of nitrogens with zero attached hydrogens (tertiary/aromatic N) is 1. The summed E-state index contributed by atoms with van der Waals surface area (Å²) >= 11 is 0. The summed E-state index contributed by atoms with van der Waals surface area (Å²) in [5.41, 5.74) is -3.28. The average molecular weight is 433 g/mol. The van der Waals surface area contributed by atoms with Gasteiger partial charge in [-0.05, 0) is 18.2 Å². The minimum atomic E-state index is -5.04. The van der Waals surface area contributed by atoms with Crippen LogP contribution in [-0.2, 0) is 27.5 Å². The van der Waals surface area contributed by atoms with Crippen molar-refractivity contribution in [3.8, 4) is 11.1 Å². The number of rotatable bonds is 5. The Kier molecular flexibility index (Phi) is 5.28. The summed E-state index contributed by atoms with van der Waals surface area (Å²) in [7, 11) is -3.44. The van der Waals surface area contributed by atoms with E-state index in [-0.39, 0.29) is 18.7 Å². The van der Waals surface area contributed by atoms with Crippen LogP contribution in [0.5, 0.6) is 0 Å². The maximum atomic E-state index is 15.2. The third-order valence-corrected chi connectivity index (χ3v) is 5.30. The molecule has 3 N–H and O–H groups in total. The van der Waals surface area contributed by atoms with Gasteiger partial charge in [0.25, 0.3) is 5.56 Å². The molecule has 0 radical (unpaired) electrons. The Balaban J connectivity index is 2.34. The third kappa shape index (κ3) is 3.78. The van der Waals surface area contributed by atoms with Gasteiger partial charge in [-0.25, -0.2) is 17.9 Å². The molecule has 1 aromatic heterocycles. The molecule has 0 saturated heterocycles. The lowest BCUT2D eigenvalue weighted by molar-refractivity contribution is -0.139. The summed E-state index contributed by atoms with van der Waals surface area (Å²) in [4.78, 5) is 10.9. The Morgan fingerprint density at radius 3 is 2.45 bits per heavy atom. The number of ether oxygens (including phenoxy) is 1. The van der Waals surface area contributed by atoms with E-state index in [1.165, 1.54) is 17.9 Å². The van der Waals surface area contributed by atoms with Crippen LogP contribution in [0, 0.1) is 5.82 Å². The van der Waals surface area contributed by atoms with Gasteiger partial charge in [-0.1, -0.05) is 12.1 Å². The number of sulfonamides is 1. The molecule has 7 nitrogen and oxygen atoms in total. The SMILES string of the molecule is COCCn1[nH]c(=O)c2c(F)c(-c3cccc(C(F)(F)F)c3S(N)(=O)=O)ccc21. The maximum absolute atomic E-state index is 15.2. The Labute approximate surface area is 161 Å². The van der Waals surface area contributed by atoms with Crippen molar-refractivity contribution < 1.29 is 30.7 Å². The van der Waals surface area contributed by atoms with Crippen molar-refractivity contribution in [3.63, 3.8) is 0 Å². The monoisotopic (exact) mass is 433 g/mol. The molecule has 0 amide bonds. The Morgan fingerprint density at radius 2 is 1.86 bits per heavy atom. The number of halogens is 4. The van der Waals surface area contributed by atoms with Crippen molar-refractivity contribution in [2.24, 2.45) is 5.14 Å². The molecular formula is C17H15F4N3O4S. The Morgan fingerprint density at radius 1 is 1.17 bits per heavy atom. The average Bonchev–Trinajstić information content (AvgIpc) is 2.94. The van der Waals surface area contributed by atoms with Crippen molar-refractivity contribution >= 4 is 20.9 Å². The lowest BCUT2D eigenvalue weighted by atomic mass is 10.0. The van der Waals surface area contributed by atoms with Crippen LogP contribution in [0.15, 0.2) is 40.0 Å². The van der Waals surface area contributed by atoms with Crippen molar-refractivity contribution in [2.75, 3.05) is 13.7 Å². The fraction of sp³-hybridized carbons (Fsp3) is 0.235. The molecule has 12 heteroatoms. The minimum absolute atomic E-state index is 0.150. The van der Waals surface area contributed by atoms with E-state index in [0.29, 0.717) is 6.07 Å². The van der Waals surface area contributed by atoms with Crippen LogP contribution in [0.3, 0.4) is 0 Å². The second kappa shape index (κ2) is 7.28. The highest BCUT2D eigenvalue weighted by molar-refractivity contribution is 7.89. The van der Waals surface area contributed by atoms with Crippen molar-refractivity contribution in [2.45, 2.75) is 17.6 Å². The highest BCUT2D eigenvalue weighted by Gasteiger charge is 2.38. The molecule has 0 aliphatic carbocycles. The Bertz CT molecular complexity index is 1250. The number of methoxy groups -OCH3 is 1. The van der Waals surface area contributed by atoms with E-state index in [1.54, 1.807) is 0 Å². The van der Waals surface area contributed by atoms with E-state index in [4.69, 9.17) is 9.88 Å². The number of hydrogen-bond donors (Lipinski definition) is 2. The fourth-order valence-electron chi connectivity index (χ4n) is 3.09. The predicted octanol–water partition coefficient (Wildman–Crippen LogP) is 2.45. The van der Waals surface area contributed by atoms with Crippen LogP contribution in [0.1, 0.15) is 5.56 Å². The van der Waals surface area contributed by atoms with Crippen LogP contribution in [0.2, 0.25) is 0 Å². The molecule has 2 aromatic carbocycles. The number of hydrogen-bond acceptors (Lipinski definition) is 4. The smallest absolute Gasteiger partial charge is 0.383 e. The lowest BCUT2D eigenvalue weighted by Crippen LogP contribution is -2.20. The predicted molar refractivity (Wildman–Crippen MR) is 96.2 cm³/mol. The van der Waals surface area contributed by atoms with Gasteiger partial charge in [0, 0.05) is 18.2 Å². The van der Waals surface area contributed by atoms with Crippen molar-refractivity contribution in [1.29, 1.82) is 0 Å². The zero-order chi connectivity index (χ0) is 21.6. The van der Waals surface area contributed by atoms with E-state index in [2.05, 4.69) is 5.10 Å². The maximum Gasteiger partial charge on any atom is 0.417 e. The van der Waals surface area contributed by atoms with Crippen LogP contribution in [-0.4, -0.2) is 31.9 Å². The topological polar surface area (TPSA) is 107 Å². The summed E-state index contributed by atoms with van der Waals surface area (Å²) < 4.78 is 85.2. The van der Waals surface area contributed by atoms with Crippen LogP contribution < -0.4 is 10.7 Å². The molecule has 1 heterocycles. The molecule has 0 saturated carbocycles. The van der Waals surface area contributed by atoms with Gasteiger partial charge in [0.2, 0.25) is 10.0 Å². The standard InChI is InChI=1S/C17H15F4N3O4S/c1-28-8-7-24-12-6-5-9(14(18)13(12)16(25)23-24)10-3-2-4-11(17(19,20)21)15(10)29(22,26)27/h2-6H,7-8H2,1H3,(H,23,25)(H2,22,26,27). The first-order chi connectivity index (χ1) is 13.5. The first-order valence-electron chi connectivity index (χ1n) is 8.10. The highest BCUT2D eigenvalue weighted by atomic mass is 32.2. The Hall–Kier alpha value is -2.70. The lowest BCUT2D eigenvalue weighted by Gasteiger charge is -2.16. The molecule has 0 fully saturated rings. The molecule has 3 rings (SSSR count). The summed E-state index contributed by atoms with van der Waals surface area (Å²) in [5.74, 6) is -1.16. The van der Waals surface area contributed by atoms with E-state index in [0.717, 1.165) is 18.2 Å². The zero-order valence-corrected chi connectivity index (χ0v) is 15.7. The number of nitrogens with two attached hydrogens (primary N) is 1. The second-order valence-corrected chi connectivity index (χ2v) is 7.63. The molecule has 0 unspecified atom stereocenters. The van der Waals surface area contributed by atoms with E-state index >= 15 is 4.39 Å². The van der Waals surface area contributed by atoms with Crippen LogP contribution >= 0.6 is 0 Å². The number of primary sulfonamides is 1. The number of aromatic amines is 1. The molecule has 0 aliphatic heterocycles. The number of H-pyrrole nitrogens is 1. The van der Waals surface area contributed by atoms with Crippen molar-refractivity contribution in [3.05, 3.63) is 52.1 Å². The second-order valence-electron chi connectivity index (χ2n) is 6.13. The van der Waals surface area contributed by atoms with Gasteiger partial charge in [-0.15, -0.1) is 0 Å². The first kappa shape index (κ1) is 21.0. The molecule has 0 aliphatic rings. The van der Waals surface area contributed by atoms with Crippen LogP contribution in [0.4, 0.5) is 17.6 Å². The first-order valence-corrected chi connectivity index (χ1v) is 9.64. The largest absolute Gasteiger partial charge is 0.417 e. The van der Waals surface area contributed by atoms with Gasteiger partial charge in [0.05, 0.1) is 24.2 Å². The molecule has 0 bridgehead atoms. The van der Waals surface area contributed by atoms with Gasteiger partial charge in [0.15, 0.2) is 0 Å². The van der Waals surface area contributed by atoms with Gasteiger partial charge >= 0.3 is 6.18 Å². The third-order valence-electron chi connectivity index (χ3n) is 4.29. The number of benzene rings is 2. The molecule has 0 spiro atoms. The van der Waals surface area contributed by atoms with Gasteiger partial charge in [-0.2, -0.15) is 13.2 Å².